The summed E-state index contributed by atoms with van der Waals surface area (Å²) in [5.74, 6) is 2.02. The van der Waals surface area contributed by atoms with Gasteiger partial charge in [-0.25, -0.2) is 4.98 Å². The van der Waals surface area contributed by atoms with Gasteiger partial charge in [0.25, 0.3) is 0 Å². The van der Waals surface area contributed by atoms with E-state index >= 15 is 0 Å². The van der Waals surface area contributed by atoms with Crippen molar-refractivity contribution in [1.82, 2.24) is 20.5 Å². The average molecular weight is 359 g/mol. The summed E-state index contributed by atoms with van der Waals surface area (Å²) in [5.41, 5.74) is 2.34. The fourth-order valence-electron chi connectivity index (χ4n) is 3.49. The van der Waals surface area contributed by atoms with Gasteiger partial charge in [-0.15, -0.1) is 5.10 Å². The molecular formula is C19H26N4OS. The normalized spacial score (nSPS) is 16.1. The Balaban J connectivity index is 1.46. The van der Waals surface area contributed by atoms with Crippen LogP contribution in [0.2, 0.25) is 0 Å². The number of nitrogens with one attached hydrogen (secondary N) is 2. The van der Waals surface area contributed by atoms with E-state index in [4.69, 9.17) is 0 Å². The van der Waals surface area contributed by atoms with Crippen molar-refractivity contribution in [1.29, 1.82) is 0 Å². The number of carbonyl (C=O) groups is 1. The molecule has 1 atom stereocenters. The first kappa shape index (κ1) is 18.0. The van der Waals surface area contributed by atoms with Crippen LogP contribution in [0, 0.1) is 12.8 Å². The number of amides is 1. The summed E-state index contributed by atoms with van der Waals surface area (Å²) in [7, 11) is 0. The SMILES string of the molecule is Cc1ccccc1[C@H](C)NC(=O)CSc1n[nH]c(CC2CCCC2)n1. The van der Waals surface area contributed by atoms with Crippen molar-refractivity contribution in [3.05, 3.63) is 41.2 Å². The summed E-state index contributed by atoms with van der Waals surface area (Å²) >= 11 is 1.38. The lowest BCUT2D eigenvalue weighted by molar-refractivity contribution is -0.119. The van der Waals surface area contributed by atoms with Crippen molar-refractivity contribution < 1.29 is 4.79 Å². The topological polar surface area (TPSA) is 70.7 Å². The third-order valence-corrected chi connectivity index (χ3v) is 5.68. The minimum atomic E-state index is -0.000583. The molecule has 0 spiro atoms. The number of aryl methyl sites for hydroxylation is 1. The number of aromatic nitrogens is 3. The van der Waals surface area contributed by atoms with Crippen molar-refractivity contribution in [2.24, 2.45) is 5.92 Å². The lowest BCUT2D eigenvalue weighted by Gasteiger charge is -2.16. The summed E-state index contributed by atoms with van der Waals surface area (Å²) in [6, 6.07) is 8.12. The first-order chi connectivity index (χ1) is 12.1. The Kier molecular flexibility index (Phi) is 6.13. The Morgan fingerprint density at radius 1 is 1.36 bits per heavy atom. The van der Waals surface area contributed by atoms with Gasteiger partial charge in [-0.1, -0.05) is 61.7 Å². The van der Waals surface area contributed by atoms with E-state index in [0.717, 1.165) is 23.7 Å². The van der Waals surface area contributed by atoms with E-state index in [2.05, 4.69) is 39.6 Å². The van der Waals surface area contributed by atoms with Gasteiger partial charge in [0.1, 0.15) is 5.82 Å². The summed E-state index contributed by atoms with van der Waals surface area (Å²) in [5, 5.41) is 11.0. The molecular weight excluding hydrogens is 332 g/mol. The molecule has 2 N–H and O–H groups in total. The van der Waals surface area contributed by atoms with Crippen molar-refractivity contribution >= 4 is 17.7 Å². The first-order valence-electron chi connectivity index (χ1n) is 9.01. The van der Waals surface area contributed by atoms with E-state index in [1.165, 1.54) is 43.0 Å². The van der Waals surface area contributed by atoms with E-state index < -0.39 is 0 Å². The molecule has 1 aliphatic rings. The number of aromatic amines is 1. The van der Waals surface area contributed by atoms with Crippen LogP contribution in [0.1, 0.15) is 55.6 Å². The highest BCUT2D eigenvalue weighted by molar-refractivity contribution is 7.99. The average Bonchev–Trinajstić information content (AvgIpc) is 3.26. The van der Waals surface area contributed by atoms with Crippen LogP contribution in [0.3, 0.4) is 0 Å². The molecule has 0 bridgehead atoms. The predicted octanol–water partition coefficient (Wildman–Crippen LogP) is 3.82. The number of H-pyrrole nitrogens is 1. The standard InChI is InChI=1S/C19H26N4OS/c1-13-7-3-6-10-16(13)14(2)20-18(24)12-25-19-21-17(22-23-19)11-15-8-4-5-9-15/h3,6-7,10,14-15H,4-5,8-9,11-12H2,1-2H3,(H,20,24)(H,21,22,23)/t14-/m0/s1. The molecule has 5 nitrogen and oxygen atoms in total. The molecule has 0 radical (unpaired) electrons. The maximum Gasteiger partial charge on any atom is 0.230 e. The molecule has 3 rings (SSSR count). The molecule has 1 aromatic heterocycles. The molecule has 0 saturated heterocycles. The molecule has 1 saturated carbocycles. The Morgan fingerprint density at radius 2 is 2.12 bits per heavy atom. The van der Waals surface area contributed by atoms with Crippen LogP contribution in [-0.4, -0.2) is 26.8 Å². The zero-order valence-electron chi connectivity index (χ0n) is 14.9. The van der Waals surface area contributed by atoms with Crippen molar-refractivity contribution in [2.75, 3.05) is 5.75 Å². The predicted molar refractivity (Wildman–Crippen MR) is 101 cm³/mol. The van der Waals surface area contributed by atoms with Crippen LogP contribution in [0.5, 0.6) is 0 Å². The number of thioether (sulfide) groups is 1. The molecule has 2 aromatic rings. The number of hydrogen-bond donors (Lipinski definition) is 2. The van der Waals surface area contributed by atoms with Gasteiger partial charge in [-0.3, -0.25) is 9.89 Å². The zero-order valence-corrected chi connectivity index (χ0v) is 15.7. The van der Waals surface area contributed by atoms with Crippen LogP contribution in [0.4, 0.5) is 0 Å². The lowest BCUT2D eigenvalue weighted by Crippen LogP contribution is -2.28. The van der Waals surface area contributed by atoms with Crippen molar-refractivity contribution in [2.45, 2.75) is 57.1 Å². The second-order valence-corrected chi connectivity index (χ2v) is 7.80. The minimum Gasteiger partial charge on any atom is -0.349 e. The molecule has 1 heterocycles. The molecule has 1 amide bonds. The Hall–Kier alpha value is -1.82. The molecule has 6 heteroatoms. The second kappa shape index (κ2) is 8.52. The van der Waals surface area contributed by atoms with Crippen LogP contribution in [0.25, 0.3) is 0 Å². The van der Waals surface area contributed by atoms with Gasteiger partial charge in [0, 0.05) is 6.42 Å². The Morgan fingerprint density at radius 3 is 2.88 bits per heavy atom. The van der Waals surface area contributed by atoms with Gasteiger partial charge in [0.05, 0.1) is 11.8 Å². The number of rotatable bonds is 7. The first-order valence-corrected chi connectivity index (χ1v) is 9.99. The van der Waals surface area contributed by atoms with Crippen molar-refractivity contribution in [3.63, 3.8) is 0 Å². The number of benzene rings is 1. The summed E-state index contributed by atoms with van der Waals surface area (Å²) in [6.45, 7) is 4.07. The third-order valence-electron chi connectivity index (χ3n) is 4.83. The van der Waals surface area contributed by atoms with E-state index in [1.54, 1.807) is 0 Å². The van der Waals surface area contributed by atoms with Crippen LogP contribution < -0.4 is 5.32 Å². The summed E-state index contributed by atoms with van der Waals surface area (Å²) < 4.78 is 0. The smallest absolute Gasteiger partial charge is 0.230 e. The summed E-state index contributed by atoms with van der Waals surface area (Å²) in [4.78, 5) is 16.7. The van der Waals surface area contributed by atoms with E-state index in [-0.39, 0.29) is 11.9 Å². The quantitative estimate of drug-likeness (QED) is 0.738. The molecule has 1 aliphatic carbocycles. The summed E-state index contributed by atoms with van der Waals surface area (Å²) in [6.07, 6.45) is 6.23. The number of carbonyl (C=O) groups excluding carboxylic acids is 1. The van der Waals surface area contributed by atoms with E-state index in [1.807, 2.05) is 19.1 Å². The van der Waals surface area contributed by atoms with Gasteiger partial charge in [0.15, 0.2) is 0 Å². The number of hydrogen-bond acceptors (Lipinski definition) is 4. The second-order valence-electron chi connectivity index (χ2n) is 6.85. The van der Waals surface area contributed by atoms with Crippen LogP contribution >= 0.6 is 11.8 Å². The highest BCUT2D eigenvalue weighted by Crippen LogP contribution is 2.27. The Bertz CT molecular complexity index is 709. The Labute approximate surface area is 153 Å². The fourth-order valence-corrected chi connectivity index (χ4v) is 4.11. The molecule has 134 valence electrons. The largest absolute Gasteiger partial charge is 0.349 e. The molecule has 25 heavy (non-hydrogen) atoms. The lowest BCUT2D eigenvalue weighted by atomic mass is 10.0. The van der Waals surface area contributed by atoms with Gasteiger partial charge >= 0.3 is 0 Å². The van der Waals surface area contributed by atoms with Gasteiger partial charge in [0.2, 0.25) is 11.1 Å². The van der Waals surface area contributed by atoms with Gasteiger partial charge in [-0.2, -0.15) is 0 Å². The highest BCUT2D eigenvalue weighted by atomic mass is 32.2. The van der Waals surface area contributed by atoms with Crippen LogP contribution in [-0.2, 0) is 11.2 Å². The number of nitrogens with zero attached hydrogens (tertiary/aromatic N) is 2. The molecule has 1 fully saturated rings. The fraction of sp³-hybridized carbons (Fsp3) is 0.526. The van der Waals surface area contributed by atoms with Crippen LogP contribution in [0.15, 0.2) is 29.4 Å². The third kappa shape index (κ3) is 5.08. The van der Waals surface area contributed by atoms with Gasteiger partial charge in [-0.05, 0) is 30.9 Å². The van der Waals surface area contributed by atoms with Gasteiger partial charge < -0.3 is 5.32 Å². The van der Waals surface area contributed by atoms with Crippen molar-refractivity contribution in [3.8, 4) is 0 Å². The zero-order chi connectivity index (χ0) is 17.6. The van der Waals surface area contributed by atoms with E-state index in [0.29, 0.717) is 10.9 Å². The molecule has 0 aliphatic heterocycles. The maximum atomic E-state index is 12.2. The highest BCUT2D eigenvalue weighted by Gasteiger charge is 2.18. The molecule has 1 aromatic carbocycles. The maximum absolute atomic E-state index is 12.2. The molecule has 0 unspecified atom stereocenters. The minimum absolute atomic E-state index is 0.000583. The van der Waals surface area contributed by atoms with E-state index in [9.17, 15) is 4.79 Å². The monoisotopic (exact) mass is 358 g/mol.